The third kappa shape index (κ3) is 2.06. The minimum absolute atomic E-state index is 0.191. The van der Waals surface area contributed by atoms with E-state index in [0.717, 1.165) is 26.2 Å². The van der Waals surface area contributed by atoms with Crippen molar-refractivity contribution in [3.63, 3.8) is 0 Å². The van der Waals surface area contributed by atoms with Crippen molar-refractivity contribution in [3.8, 4) is 0 Å². The molecule has 18 heavy (non-hydrogen) atoms. The van der Waals surface area contributed by atoms with Gasteiger partial charge in [0.05, 0.1) is 24.6 Å². The van der Waals surface area contributed by atoms with Gasteiger partial charge in [-0.1, -0.05) is 12.1 Å². The van der Waals surface area contributed by atoms with E-state index >= 15 is 0 Å². The van der Waals surface area contributed by atoms with E-state index in [0.29, 0.717) is 12.5 Å². The maximum Gasteiger partial charge on any atom is 0.0621 e. The highest BCUT2D eigenvalue weighted by atomic mass is 16.5. The van der Waals surface area contributed by atoms with Gasteiger partial charge in [-0.25, -0.2) is 0 Å². The van der Waals surface area contributed by atoms with Crippen LogP contribution < -0.4 is 15.5 Å². The molecule has 2 N–H and O–H groups in total. The molecule has 2 heterocycles. The van der Waals surface area contributed by atoms with Gasteiger partial charge in [-0.3, -0.25) is 0 Å². The van der Waals surface area contributed by atoms with Gasteiger partial charge in [0.1, 0.15) is 0 Å². The van der Waals surface area contributed by atoms with Crippen molar-refractivity contribution in [3.05, 3.63) is 24.3 Å². The molecule has 2 aliphatic rings. The number of para-hydroxylation sites is 2. The topological polar surface area (TPSA) is 41.7 Å². The molecular weight excluding hydrogens is 226 g/mol. The molecule has 0 saturated carbocycles. The molecule has 2 unspecified atom stereocenters. The molecule has 1 aromatic rings. The summed E-state index contributed by atoms with van der Waals surface area (Å²) in [6, 6.07) is 8.79. The van der Waals surface area contributed by atoms with E-state index in [-0.39, 0.29) is 6.04 Å². The first-order chi connectivity index (χ1) is 8.75. The van der Waals surface area contributed by atoms with Gasteiger partial charge in [0.15, 0.2) is 0 Å². The van der Waals surface area contributed by atoms with E-state index < -0.39 is 0 Å². The Bertz CT molecular complexity index is 423. The monoisotopic (exact) mass is 247 g/mol. The zero-order valence-corrected chi connectivity index (χ0v) is 10.9. The van der Waals surface area contributed by atoms with Gasteiger partial charge in [-0.15, -0.1) is 0 Å². The third-order valence-corrected chi connectivity index (χ3v) is 4.04. The predicted molar refractivity (Wildman–Crippen MR) is 74.2 cm³/mol. The van der Waals surface area contributed by atoms with Gasteiger partial charge in [0.2, 0.25) is 0 Å². The van der Waals surface area contributed by atoms with Crippen LogP contribution in [0.1, 0.15) is 0 Å². The SMILES string of the molecule is CN1CCN(CC2COCC2N)c2ccccc21. The van der Waals surface area contributed by atoms with Crippen LogP contribution >= 0.6 is 0 Å². The van der Waals surface area contributed by atoms with Crippen LogP contribution in [0, 0.1) is 5.92 Å². The van der Waals surface area contributed by atoms with E-state index in [1.807, 2.05) is 0 Å². The van der Waals surface area contributed by atoms with Crippen LogP contribution in [-0.2, 0) is 4.74 Å². The van der Waals surface area contributed by atoms with Crippen LogP contribution in [0.2, 0.25) is 0 Å². The molecule has 0 amide bonds. The van der Waals surface area contributed by atoms with Gasteiger partial charge in [-0.05, 0) is 12.1 Å². The first kappa shape index (κ1) is 11.8. The van der Waals surface area contributed by atoms with E-state index in [1.54, 1.807) is 0 Å². The lowest BCUT2D eigenvalue weighted by Crippen LogP contribution is -2.44. The predicted octanol–water partition coefficient (Wildman–Crippen LogP) is 0.917. The van der Waals surface area contributed by atoms with Gasteiger partial charge < -0.3 is 20.3 Å². The standard InChI is InChI=1S/C14H21N3O/c1-16-6-7-17(8-11-9-18-10-12(11)15)14-5-3-2-4-13(14)16/h2-5,11-12H,6-10,15H2,1H3. The maximum atomic E-state index is 6.08. The lowest BCUT2D eigenvalue weighted by atomic mass is 10.0. The van der Waals surface area contributed by atoms with Crippen LogP contribution in [0.5, 0.6) is 0 Å². The number of ether oxygens (including phenoxy) is 1. The Morgan fingerprint density at radius 3 is 2.72 bits per heavy atom. The van der Waals surface area contributed by atoms with Crippen molar-refractivity contribution in [1.82, 2.24) is 0 Å². The summed E-state index contributed by atoms with van der Waals surface area (Å²) in [7, 11) is 2.15. The normalized spacial score (nSPS) is 27.4. The zero-order chi connectivity index (χ0) is 12.5. The highest BCUT2D eigenvalue weighted by Crippen LogP contribution is 2.32. The minimum Gasteiger partial charge on any atom is -0.379 e. The van der Waals surface area contributed by atoms with Crippen LogP contribution in [0.15, 0.2) is 24.3 Å². The lowest BCUT2D eigenvalue weighted by Gasteiger charge is -2.38. The molecule has 0 aromatic heterocycles. The largest absolute Gasteiger partial charge is 0.379 e. The Kier molecular flexibility index (Phi) is 3.14. The van der Waals surface area contributed by atoms with E-state index in [1.165, 1.54) is 11.4 Å². The quantitative estimate of drug-likeness (QED) is 0.843. The van der Waals surface area contributed by atoms with Crippen LogP contribution in [-0.4, -0.2) is 45.9 Å². The highest BCUT2D eigenvalue weighted by molar-refractivity contribution is 5.73. The van der Waals surface area contributed by atoms with Crippen LogP contribution in [0.25, 0.3) is 0 Å². The summed E-state index contributed by atoms with van der Waals surface area (Å²) in [5.74, 6) is 0.460. The maximum absolute atomic E-state index is 6.08. The second kappa shape index (κ2) is 4.78. The summed E-state index contributed by atoms with van der Waals surface area (Å²) in [6.45, 7) is 4.65. The first-order valence-electron chi connectivity index (χ1n) is 6.64. The number of nitrogens with two attached hydrogens (primary N) is 1. The van der Waals surface area contributed by atoms with Crippen molar-refractivity contribution in [2.24, 2.45) is 11.7 Å². The fourth-order valence-electron chi connectivity index (χ4n) is 2.84. The van der Waals surface area contributed by atoms with Crippen molar-refractivity contribution < 1.29 is 4.74 Å². The average molecular weight is 247 g/mol. The number of hydrogen-bond donors (Lipinski definition) is 1. The Balaban J connectivity index is 1.79. The first-order valence-corrected chi connectivity index (χ1v) is 6.64. The van der Waals surface area contributed by atoms with Gasteiger partial charge in [-0.2, -0.15) is 0 Å². The molecule has 0 bridgehead atoms. The molecule has 98 valence electrons. The van der Waals surface area contributed by atoms with Crippen LogP contribution in [0.3, 0.4) is 0 Å². The summed E-state index contributed by atoms with van der Waals surface area (Å²) < 4.78 is 5.46. The zero-order valence-electron chi connectivity index (χ0n) is 10.9. The van der Waals surface area contributed by atoms with Crippen molar-refractivity contribution in [1.29, 1.82) is 0 Å². The Morgan fingerprint density at radius 2 is 2.00 bits per heavy atom. The summed E-state index contributed by atoms with van der Waals surface area (Å²) in [6.07, 6.45) is 0. The number of hydrogen-bond acceptors (Lipinski definition) is 4. The van der Waals surface area contributed by atoms with Gasteiger partial charge >= 0.3 is 0 Å². The van der Waals surface area contributed by atoms with Crippen LogP contribution in [0.4, 0.5) is 11.4 Å². The van der Waals surface area contributed by atoms with Crippen molar-refractivity contribution in [2.45, 2.75) is 6.04 Å². The molecule has 1 saturated heterocycles. The smallest absolute Gasteiger partial charge is 0.0621 e. The molecule has 1 fully saturated rings. The average Bonchev–Trinajstić information content (AvgIpc) is 2.79. The number of nitrogens with zero attached hydrogens (tertiary/aromatic N) is 2. The second-order valence-electron chi connectivity index (χ2n) is 5.32. The molecule has 2 aliphatic heterocycles. The fourth-order valence-corrected chi connectivity index (χ4v) is 2.84. The Hall–Kier alpha value is -1.26. The molecule has 2 atom stereocenters. The summed E-state index contributed by atoms with van der Waals surface area (Å²) in [5, 5.41) is 0. The summed E-state index contributed by atoms with van der Waals surface area (Å²) >= 11 is 0. The molecular formula is C14H21N3O. The molecule has 0 spiro atoms. The van der Waals surface area contributed by atoms with Crippen molar-refractivity contribution >= 4 is 11.4 Å². The van der Waals surface area contributed by atoms with E-state index in [2.05, 4.69) is 41.1 Å². The second-order valence-corrected chi connectivity index (χ2v) is 5.32. The Morgan fingerprint density at radius 1 is 1.22 bits per heavy atom. The summed E-state index contributed by atoms with van der Waals surface area (Å²) in [4.78, 5) is 4.77. The summed E-state index contributed by atoms with van der Waals surface area (Å²) in [5.41, 5.74) is 8.72. The highest BCUT2D eigenvalue weighted by Gasteiger charge is 2.29. The molecule has 1 aromatic carbocycles. The molecule has 4 nitrogen and oxygen atoms in total. The van der Waals surface area contributed by atoms with Gasteiger partial charge in [0.25, 0.3) is 0 Å². The van der Waals surface area contributed by atoms with E-state index in [9.17, 15) is 0 Å². The number of benzene rings is 1. The fraction of sp³-hybridized carbons (Fsp3) is 0.571. The van der Waals surface area contributed by atoms with Gasteiger partial charge in [0, 0.05) is 38.6 Å². The number of fused-ring (bicyclic) bond motifs is 1. The Labute approximate surface area is 108 Å². The lowest BCUT2D eigenvalue weighted by molar-refractivity contribution is 0.185. The molecule has 0 aliphatic carbocycles. The number of likely N-dealkylation sites (N-methyl/N-ethyl adjacent to an activating group) is 1. The third-order valence-electron chi connectivity index (χ3n) is 4.04. The number of anilines is 2. The number of rotatable bonds is 2. The van der Waals surface area contributed by atoms with E-state index in [4.69, 9.17) is 10.5 Å². The minimum atomic E-state index is 0.191. The van der Waals surface area contributed by atoms with Crippen molar-refractivity contribution in [2.75, 3.05) is 49.7 Å². The molecule has 3 rings (SSSR count). The molecule has 4 heteroatoms. The molecule has 0 radical (unpaired) electrons.